The molecule has 0 spiro atoms. The Kier molecular flexibility index (Phi) is 1.56. The van der Waals surface area contributed by atoms with Crippen LogP contribution in [0.4, 0.5) is 0 Å². The molecule has 1 rings (SSSR count). The third-order valence-electron chi connectivity index (χ3n) is 1.03. The van der Waals surface area contributed by atoms with Gasteiger partial charge in [-0.1, -0.05) is 6.07 Å². The van der Waals surface area contributed by atoms with Gasteiger partial charge >= 0.3 is 0 Å². The lowest BCUT2D eigenvalue weighted by Crippen LogP contribution is -2.37. The van der Waals surface area contributed by atoms with Gasteiger partial charge in [0.05, 0.1) is 0 Å². The van der Waals surface area contributed by atoms with Gasteiger partial charge in [-0.05, 0) is 12.1 Å². The molecule has 1 heterocycles. The normalized spacial score (nSPS) is 9.67. The van der Waals surface area contributed by atoms with Crippen molar-refractivity contribution in [3.05, 3.63) is 29.6 Å². The highest BCUT2D eigenvalue weighted by Gasteiger charge is 1.94. The second kappa shape index (κ2) is 2.22. The second-order valence-electron chi connectivity index (χ2n) is 1.92. The quantitative estimate of drug-likeness (QED) is 0.415. The average Bonchev–Trinajstić information content (AvgIpc) is 1.83. The molecule has 0 fully saturated rings. The van der Waals surface area contributed by atoms with Crippen LogP contribution in [0, 0.1) is 13.8 Å². The van der Waals surface area contributed by atoms with E-state index in [1.165, 1.54) is 11.4 Å². The van der Waals surface area contributed by atoms with Gasteiger partial charge in [0.25, 0.3) is 0 Å². The SMILES string of the molecule is [BH3-][n+]1c(C)cccc1C. The van der Waals surface area contributed by atoms with Crippen molar-refractivity contribution in [1.29, 1.82) is 0 Å². The highest BCUT2D eigenvalue weighted by molar-refractivity contribution is 5.95. The summed E-state index contributed by atoms with van der Waals surface area (Å²) >= 11 is 0. The third-order valence-corrected chi connectivity index (χ3v) is 1.03. The molecule has 48 valence electrons. The van der Waals surface area contributed by atoms with E-state index < -0.39 is 0 Å². The molecule has 0 aliphatic heterocycles. The number of aromatic nitrogens is 1. The molecule has 1 aromatic rings. The second-order valence-corrected chi connectivity index (χ2v) is 1.92. The van der Waals surface area contributed by atoms with Crippen LogP contribution in [-0.4, -0.2) is 7.98 Å². The van der Waals surface area contributed by atoms with Crippen LogP contribution in [0.5, 0.6) is 0 Å². The molecule has 0 saturated carbocycles. The number of pyridine rings is 1. The van der Waals surface area contributed by atoms with Crippen LogP contribution in [0.3, 0.4) is 0 Å². The third kappa shape index (κ3) is 1.12. The smallest absolute Gasteiger partial charge is 0.240 e. The van der Waals surface area contributed by atoms with Gasteiger partial charge in [-0.25, -0.2) is 0 Å². The van der Waals surface area contributed by atoms with Crippen molar-refractivity contribution in [3.8, 4) is 0 Å². The van der Waals surface area contributed by atoms with E-state index in [9.17, 15) is 0 Å². The summed E-state index contributed by atoms with van der Waals surface area (Å²) in [4.78, 5) is 0. The highest BCUT2D eigenvalue weighted by atomic mass is 14.9. The zero-order chi connectivity index (χ0) is 6.85. The number of aryl methyl sites for hydroxylation is 2. The van der Waals surface area contributed by atoms with Gasteiger partial charge in [0.15, 0.2) is 0 Å². The van der Waals surface area contributed by atoms with Crippen molar-refractivity contribution >= 4 is 7.98 Å². The van der Waals surface area contributed by atoms with Crippen LogP contribution in [0.2, 0.25) is 0 Å². The van der Waals surface area contributed by atoms with E-state index in [0.29, 0.717) is 7.98 Å². The van der Waals surface area contributed by atoms with E-state index in [4.69, 9.17) is 0 Å². The number of rotatable bonds is 0. The van der Waals surface area contributed by atoms with Crippen LogP contribution in [-0.2, 0) is 0 Å². The van der Waals surface area contributed by atoms with Crippen molar-refractivity contribution in [2.45, 2.75) is 13.8 Å². The van der Waals surface area contributed by atoms with Crippen molar-refractivity contribution in [3.63, 3.8) is 0 Å². The molecule has 0 radical (unpaired) electrons. The van der Waals surface area contributed by atoms with Gasteiger partial charge in [0.2, 0.25) is 7.98 Å². The molecule has 0 unspecified atom stereocenters. The summed E-state index contributed by atoms with van der Waals surface area (Å²) in [5.41, 5.74) is 2.82. The maximum atomic E-state index is 2.42. The van der Waals surface area contributed by atoms with E-state index in [1.54, 1.807) is 0 Å². The summed E-state index contributed by atoms with van der Waals surface area (Å²) in [7, 11) is 0.312. The van der Waals surface area contributed by atoms with Gasteiger partial charge in [-0.2, -0.15) is 0 Å². The average molecular weight is 121 g/mol. The molecule has 0 N–H and O–H groups in total. The van der Waals surface area contributed by atoms with Gasteiger partial charge in [0, 0.05) is 13.8 Å². The first-order chi connectivity index (χ1) is 4.22. The monoisotopic (exact) mass is 121 g/mol. The Labute approximate surface area is 56.8 Å². The largest absolute Gasteiger partial charge is 0.430 e. The van der Waals surface area contributed by atoms with Crippen molar-refractivity contribution < 1.29 is 4.48 Å². The molecule has 0 bridgehead atoms. The van der Waals surface area contributed by atoms with Crippen molar-refractivity contribution in [2.75, 3.05) is 0 Å². The van der Waals surface area contributed by atoms with Crippen molar-refractivity contribution in [2.24, 2.45) is 0 Å². The number of hydrogen-bond donors (Lipinski definition) is 0. The lowest BCUT2D eigenvalue weighted by atomic mass is 10.2. The molecule has 1 aromatic heterocycles. The summed E-state index contributed by atoms with van der Waals surface area (Å²) in [6.45, 7) is 4.33. The molecule has 0 aromatic carbocycles. The van der Waals surface area contributed by atoms with E-state index in [2.05, 4.69) is 36.5 Å². The molecule has 0 atom stereocenters. The molecular formula is C7H12BN. The minimum atomic E-state index is 0.312. The zero-order valence-electron chi connectivity index (χ0n) is 5.18. The molecule has 0 amide bonds. The Hall–Kier alpha value is -0.785. The molecule has 0 saturated heterocycles. The minimum Gasteiger partial charge on any atom is -0.430 e. The Morgan fingerprint density at radius 3 is 2.00 bits per heavy atom. The van der Waals surface area contributed by atoms with E-state index >= 15 is 0 Å². The molecule has 1 nitrogen and oxygen atoms in total. The summed E-state index contributed by atoms with van der Waals surface area (Å²) in [6.07, 6.45) is 0. The lowest BCUT2D eigenvalue weighted by Gasteiger charge is -2.02. The molecule has 0 aliphatic rings. The van der Waals surface area contributed by atoms with E-state index in [-0.39, 0.29) is 0 Å². The van der Waals surface area contributed by atoms with Crippen LogP contribution < -0.4 is 4.48 Å². The fourth-order valence-corrected chi connectivity index (χ4v) is 0.679. The topological polar surface area (TPSA) is 3.88 Å². The van der Waals surface area contributed by atoms with Gasteiger partial charge < -0.3 is 4.48 Å². The van der Waals surface area contributed by atoms with Crippen LogP contribution in [0.25, 0.3) is 0 Å². The molecule has 2 heteroatoms. The summed E-state index contributed by atoms with van der Waals surface area (Å²) in [5, 5.41) is 0. The first kappa shape index (κ1) is 6.34. The molecular weight excluding hydrogens is 109 g/mol. The maximum absolute atomic E-state index is 2.42. The van der Waals surface area contributed by atoms with Crippen LogP contribution >= 0.6 is 0 Å². The number of nitrogens with zero attached hydrogens (tertiary/aromatic N) is 1. The predicted octanol–water partition coefficient (Wildman–Crippen LogP) is -0.281. The first-order valence-electron chi connectivity index (χ1n) is 2.69. The maximum Gasteiger partial charge on any atom is 0.240 e. The molecule has 9 heavy (non-hydrogen) atoms. The fraction of sp³-hybridized carbons (Fsp3) is 0.286. The van der Waals surface area contributed by atoms with Crippen LogP contribution in [0.15, 0.2) is 18.2 Å². The molecule has 0 aliphatic carbocycles. The van der Waals surface area contributed by atoms with E-state index in [1.807, 2.05) is 0 Å². The lowest BCUT2D eigenvalue weighted by molar-refractivity contribution is -0.537. The Morgan fingerprint density at radius 2 is 1.67 bits per heavy atom. The van der Waals surface area contributed by atoms with Gasteiger partial charge in [-0.3, -0.25) is 0 Å². The number of hydrogen-bond acceptors (Lipinski definition) is 0. The summed E-state index contributed by atoms with van der Waals surface area (Å²) in [5.74, 6) is 0. The minimum absolute atomic E-state index is 0.312. The zero-order valence-corrected chi connectivity index (χ0v) is 5.18. The fourth-order valence-electron chi connectivity index (χ4n) is 0.679. The first-order valence-corrected chi connectivity index (χ1v) is 2.69. The standard InChI is InChI=1S/C7H12BN/c1-6-4-3-5-7(2)9(6)8/h3-5H,1-2,8H3. The van der Waals surface area contributed by atoms with E-state index in [0.717, 1.165) is 0 Å². The van der Waals surface area contributed by atoms with Crippen LogP contribution in [0.1, 0.15) is 11.4 Å². The summed E-state index contributed by atoms with van der Waals surface area (Å²) < 4.78 is 2.42. The predicted molar refractivity (Wildman–Crippen MR) is 41.4 cm³/mol. The Bertz CT molecular complexity index is 200. The van der Waals surface area contributed by atoms with Crippen molar-refractivity contribution in [1.82, 2.24) is 0 Å². The Balaban J connectivity index is 3.25. The van der Waals surface area contributed by atoms with Gasteiger partial charge in [0.1, 0.15) is 11.4 Å². The highest BCUT2D eigenvalue weighted by Crippen LogP contribution is 1.90. The van der Waals surface area contributed by atoms with Gasteiger partial charge in [-0.15, -0.1) is 0 Å². The Morgan fingerprint density at radius 1 is 1.22 bits per heavy atom. The summed E-state index contributed by atoms with van der Waals surface area (Å²) in [6, 6.07) is 6.45.